The average Bonchev–Trinajstić information content (AvgIpc) is 3.11. The van der Waals surface area contributed by atoms with E-state index in [4.69, 9.17) is 9.47 Å². The van der Waals surface area contributed by atoms with Gasteiger partial charge in [0.25, 0.3) is 0 Å². The molecule has 1 aliphatic heterocycles. The molecule has 1 saturated carbocycles. The van der Waals surface area contributed by atoms with E-state index < -0.39 is 0 Å². The lowest BCUT2D eigenvalue weighted by atomic mass is 9.93. The average molecular weight is 384 g/mol. The Balaban J connectivity index is 0.00000243. The number of halogens is 1. The van der Waals surface area contributed by atoms with Gasteiger partial charge in [-0.05, 0) is 38.9 Å². The van der Waals surface area contributed by atoms with Gasteiger partial charge in [0.05, 0.1) is 26.4 Å². The summed E-state index contributed by atoms with van der Waals surface area (Å²) in [5.74, 6) is 1.63. The normalized spacial score (nSPS) is 27.2. The van der Waals surface area contributed by atoms with Crippen molar-refractivity contribution in [3.8, 4) is 5.75 Å². The predicted octanol–water partition coefficient (Wildman–Crippen LogP) is 2.47. The molecule has 1 saturated heterocycles. The van der Waals surface area contributed by atoms with E-state index in [1.54, 1.807) is 7.11 Å². The van der Waals surface area contributed by atoms with Crippen molar-refractivity contribution in [2.75, 3.05) is 47.5 Å². The molecule has 4 atom stereocenters. The number of nitrogens with one attached hydrogen (secondary N) is 2. The first kappa shape index (κ1) is 21.5. The molecule has 26 heavy (non-hydrogen) atoms. The number of morpholine rings is 1. The lowest BCUT2D eigenvalue weighted by Gasteiger charge is -2.34. The van der Waals surface area contributed by atoms with Gasteiger partial charge in [0.1, 0.15) is 5.75 Å². The van der Waals surface area contributed by atoms with E-state index >= 15 is 0 Å². The molecule has 6 heteroatoms. The topological polar surface area (TPSA) is 45.8 Å². The first-order valence-electron chi connectivity index (χ1n) is 9.54. The minimum absolute atomic E-state index is 0. The summed E-state index contributed by atoms with van der Waals surface area (Å²) in [7, 11) is 6.03. The minimum atomic E-state index is 0. The number of para-hydroxylation sites is 1. The Hall–Kier alpha value is -0.850. The Kier molecular flexibility index (Phi) is 8.64. The van der Waals surface area contributed by atoms with Crippen LogP contribution in [0.4, 0.5) is 0 Å². The minimum Gasteiger partial charge on any atom is -0.496 e. The maximum atomic E-state index is 5.69. The lowest BCUT2D eigenvalue weighted by Crippen LogP contribution is -2.51. The molecule has 2 aliphatic rings. The molecule has 5 nitrogen and oxygen atoms in total. The highest BCUT2D eigenvalue weighted by atomic mass is 35.5. The molecule has 2 fully saturated rings. The molecule has 1 heterocycles. The highest BCUT2D eigenvalue weighted by Gasteiger charge is 2.35. The van der Waals surface area contributed by atoms with Crippen LogP contribution in [0, 0.1) is 5.92 Å². The van der Waals surface area contributed by atoms with Crippen LogP contribution in [0.5, 0.6) is 5.75 Å². The Bertz CT molecular complexity index is 538. The summed E-state index contributed by atoms with van der Waals surface area (Å²) in [6, 6.07) is 9.71. The second kappa shape index (κ2) is 10.5. The summed E-state index contributed by atoms with van der Waals surface area (Å²) in [5.41, 5.74) is 1.25. The quantitative estimate of drug-likeness (QED) is 0.757. The number of ether oxygens (including phenoxy) is 2. The molecule has 148 valence electrons. The predicted molar refractivity (Wildman–Crippen MR) is 108 cm³/mol. The molecular formula is C20H34ClN3O2. The van der Waals surface area contributed by atoms with E-state index in [9.17, 15) is 0 Å². The van der Waals surface area contributed by atoms with E-state index in [1.807, 2.05) is 12.1 Å². The van der Waals surface area contributed by atoms with Gasteiger partial charge in [0, 0.05) is 30.7 Å². The second-order valence-electron chi connectivity index (χ2n) is 7.47. The zero-order chi connectivity index (χ0) is 17.6. The number of methoxy groups -OCH3 is 1. The van der Waals surface area contributed by atoms with E-state index in [1.165, 1.54) is 24.8 Å². The molecule has 1 aromatic rings. The zero-order valence-electron chi connectivity index (χ0n) is 16.2. The Morgan fingerprint density at radius 3 is 2.81 bits per heavy atom. The molecule has 0 bridgehead atoms. The van der Waals surface area contributed by atoms with Crippen molar-refractivity contribution >= 4 is 12.4 Å². The maximum absolute atomic E-state index is 5.69. The van der Waals surface area contributed by atoms with E-state index in [0.717, 1.165) is 32.1 Å². The largest absolute Gasteiger partial charge is 0.496 e. The van der Waals surface area contributed by atoms with Crippen LogP contribution in [0.2, 0.25) is 0 Å². The number of benzene rings is 1. The summed E-state index contributed by atoms with van der Waals surface area (Å²) < 4.78 is 11.3. The molecule has 1 aromatic carbocycles. The van der Waals surface area contributed by atoms with Crippen molar-refractivity contribution < 1.29 is 9.47 Å². The summed E-state index contributed by atoms with van der Waals surface area (Å²) in [6.07, 6.45) is 3.86. The highest BCUT2D eigenvalue weighted by molar-refractivity contribution is 5.85. The molecule has 0 amide bonds. The molecule has 0 aromatic heterocycles. The summed E-state index contributed by atoms with van der Waals surface area (Å²) >= 11 is 0. The second-order valence-corrected chi connectivity index (χ2v) is 7.47. The van der Waals surface area contributed by atoms with Gasteiger partial charge in [-0.1, -0.05) is 24.6 Å². The Morgan fingerprint density at radius 1 is 1.31 bits per heavy atom. The number of likely N-dealkylation sites (N-methyl/N-ethyl adjacent to an activating group) is 1. The molecule has 0 radical (unpaired) electrons. The van der Waals surface area contributed by atoms with Crippen molar-refractivity contribution in [1.29, 1.82) is 0 Å². The molecular weight excluding hydrogens is 350 g/mol. The van der Waals surface area contributed by atoms with Crippen LogP contribution < -0.4 is 15.4 Å². The van der Waals surface area contributed by atoms with Crippen LogP contribution >= 0.6 is 12.4 Å². The first-order valence-corrected chi connectivity index (χ1v) is 9.54. The van der Waals surface area contributed by atoms with Crippen LogP contribution in [0.15, 0.2) is 24.3 Å². The molecule has 0 spiro atoms. The van der Waals surface area contributed by atoms with Crippen molar-refractivity contribution in [1.82, 2.24) is 15.5 Å². The fraction of sp³-hybridized carbons (Fsp3) is 0.700. The van der Waals surface area contributed by atoms with Gasteiger partial charge in [-0.15, -0.1) is 12.4 Å². The smallest absolute Gasteiger partial charge is 0.123 e. The maximum Gasteiger partial charge on any atom is 0.123 e. The van der Waals surface area contributed by atoms with E-state index in [2.05, 4.69) is 41.8 Å². The standard InChI is InChI=1S/C20H33N3O2.ClH/c1-23(2)19(16-7-4-5-10-20(16)24-3)13-22-17-9-6-8-15(17)18-14-25-12-11-21-18;/h4-5,7,10,15,17-19,21-22H,6,8-9,11-14H2,1-3H3;1H. The van der Waals surface area contributed by atoms with Crippen LogP contribution in [0.1, 0.15) is 30.9 Å². The fourth-order valence-corrected chi connectivity index (χ4v) is 4.36. The van der Waals surface area contributed by atoms with Gasteiger partial charge in [0.2, 0.25) is 0 Å². The van der Waals surface area contributed by atoms with Crippen molar-refractivity contribution in [2.24, 2.45) is 5.92 Å². The third-order valence-electron chi connectivity index (χ3n) is 5.73. The Morgan fingerprint density at radius 2 is 2.12 bits per heavy atom. The molecule has 2 N–H and O–H groups in total. The molecule has 3 rings (SSSR count). The van der Waals surface area contributed by atoms with E-state index in [0.29, 0.717) is 24.0 Å². The summed E-state index contributed by atoms with van der Waals surface area (Å²) in [4.78, 5) is 2.27. The number of rotatable bonds is 7. The lowest BCUT2D eigenvalue weighted by molar-refractivity contribution is 0.0520. The third-order valence-corrected chi connectivity index (χ3v) is 5.73. The third kappa shape index (κ3) is 5.11. The van der Waals surface area contributed by atoms with Crippen LogP contribution in [0.3, 0.4) is 0 Å². The van der Waals surface area contributed by atoms with Crippen molar-refractivity contribution in [3.63, 3.8) is 0 Å². The molecule has 4 unspecified atom stereocenters. The van der Waals surface area contributed by atoms with Crippen molar-refractivity contribution in [2.45, 2.75) is 37.4 Å². The SMILES string of the molecule is COc1ccccc1C(CNC1CCCC1C1COCCN1)N(C)C.Cl. The fourth-order valence-electron chi connectivity index (χ4n) is 4.36. The number of hydrogen-bond acceptors (Lipinski definition) is 5. The summed E-state index contributed by atoms with van der Waals surface area (Å²) in [6.45, 7) is 3.61. The van der Waals surface area contributed by atoms with Crippen LogP contribution in [-0.2, 0) is 4.74 Å². The van der Waals surface area contributed by atoms with Gasteiger partial charge in [-0.3, -0.25) is 0 Å². The summed E-state index contributed by atoms with van der Waals surface area (Å²) in [5, 5.41) is 7.52. The van der Waals surface area contributed by atoms with Gasteiger partial charge < -0.3 is 25.0 Å². The van der Waals surface area contributed by atoms with E-state index in [-0.39, 0.29) is 12.4 Å². The van der Waals surface area contributed by atoms with Gasteiger partial charge >= 0.3 is 0 Å². The zero-order valence-corrected chi connectivity index (χ0v) is 17.1. The number of hydrogen-bond donors (Lipinski definition) is 2. The van der Waals surface area contributed by atoms with Crippen molar-refractivity contribution in [3.05, 3.63) is 29.8 Å². The van der Waals surface area contributed by atoms with Gasteiger partial charge in [0.15, 0.2) is 0 Å². The highest BCUT2D eigenvalue weighted by Crippen LogP contribution is 2.31. The van der Waals surface area contributed by atoms with Crippen LogP contribution in [0.25, 0.3) is 0 Å². The Labute approximate surface area is 164 Å². The molecule has 1 aliphatic carbocycles. The first-order chi connectivity index (χ1) is 12.2. The number of nitrogens with zero attached hydrogens (tertiary/aromatic N) is 1. The van der Waals surface area contributed by atoms with Crippen LogP contribution in [-0.4, -0.2) is 64.5 Å². The monoisotopic (exact) mass is 383 g/mol. The van der Waals surface area contributed by atoms with Gasteiger partial charge in [-0.2, -0.15) is 0 Å². The van der Waals surface area contributed by atoms with Gasteiger partial charge in [-0.25, -0.2) is 0 Å².